The fourth-order valence-corrected chi connectivity index (χ4v) is 3.97. The summed E-state index contributed by atoms with van der Waals surface area (Å²) in [6, 6.07) is 0. The number of allylic oxidation sites excluding steroid dienone is 4. The number of carboxylic acid groups (broad SMARTS) is 2. The molecule has 0 unspecified atom stereocenters. The molecule has 0 aromatic rings. The van der Waals surface area contributed by atoms with Gasteiger partial charge in [0, 0.05) is 11.9 Å². The summed E-state index contributed by atoms with van der Waals surface area (Å²) in [5.41, 5.74) is 0. The van der Waals surface area contributed by atoms with E-state index < -0.39 is 11.9 Å². The van der Waals surface area contributed by atoms with Crippen molar-refractivity contribution >= 4 is 11.9 Å². The number of hydrogen-bond acceptors (Lipinski definition) is 4. The van der Waals surface area contributed by atoms with Gasteiger partial charge in [-0.05, 0) is 77.0 Å². The van der Waals surface area contributed by atoms with Crippen molar-refractivity contribution in [2.75, 3.05) is 0 Å². The Morgan fingerprint density at radius 1 is 0.432 bits per heavy atom. The van der Waals surface area contributed by atoms with Crippen molar-refractivity contribution in [1.82, 2.24) is 0 Å². The average Bonchev–Trinajstić information content (AvgIpc) is 2.85. The van der Waals surface area contributed by atoms with Gasteiger partial charge >= 0.3 is 16.8 Å². The molecule has 0 heterocycles. The van der Waals surface area contributed by atoms with Crippen LogP contribution in [0.5, 0.6) is 0 Å². The summed E-state index contributed by atoms with van der Waals surface area (Å²) in [7, 11) is 0. The van der Waals surface area contributed by atoms with E-state index in [1.165, 1.54) is 103 Å². The van der Waals surface area contributed by atoms with Crippen molar-refractivity contribution in [1.29, 1.82) is 0 Å². The molecule has 219 valence electrons. The molecule has 0 saturated carbocycles. The second kappa shape index (κ2) is 37.1. The molecule has 37 heavy (non-hydrogen) atoms. The Hall–Kier alpha value is -1.07. The van der Waals surface area contributed by atoms with E-state index in [4.69, 9.17) is 0 Å². The van der Waals surface area contributed by atoms with Gasteiger partial charge in [-0.15, -0.1) is 0 Å². The Balaban J connectivity index is -0.000000608. The Morgan fingerprint density at radius 3 is 0.946 bits per heavy atom. The molecule has 0 aromatic carbocycles. The number of carboxylic acids is 2. The van der Waals surface area contributed by atoms with E-state index in [0.29, 0.717) is 0 Å². The quantitative estimate of drug-likeness (QED) is 0.0786. The Labute approximate surface area is 240 Å². The molecule has 0 aliphatic heterocycles. The van der Waals surface area contributed by atoms with E-state index >= 15 is 0 Å². The van der Waals surface area contributed by atoms with Gasteiger partial charge in [0.1, 0.15) is 0 Å². The third-order valence-corrected chi connectivity index (χ3v) is 6.29. The molecule has 0 amide bonds. The van der Waals surface area contributed by atoms with Crippen LogP contribution in [-0.2, 0) is 26.4 Å². The minimum Gasteiger partial charge on any atom is -0.550 e. The molecule has 0 atom stereocenters. The molecule has 0 aromatic heterocycles. The molecule has 0 spiro atoms. The third-order valence-electron chi connectivity index (χ3n) is 6.29. The van der Waals surface area contributed by atoms with Crippen molar-refractivity contribution in [2.24, 2.45) is 0 Å². The zero-order valence-corrected chi connectivity index (χ0v) is 25.3. The van der Waals surface area contributed by atoms with Crippen LogP contribution in [0.25, 0.3) is 0 Å². The number of hydrogen-bond donors (Lipinski definition) is 0. The number of rotatable bonds is 26. The molecule has 0 bridgehead atoms. The number of aliphatic carboxylic acids is 2. The normalized spacial score (nSPS) is 10.9. The van der Waals surface area contributed by atoms with E-state index in [1.54, 1.807) is 0 Å². The zero-order valence-electron chi connectivity index (χ0n) is 24.2. The largest absolute Gasteiger partial charge is 2.00 e. The Bertz CT molecular complexity index is 471. The van der Waals surface area contributed by atoms with Crippen LogP contribution < -0.4 is 10.2 Å². The third kappa shape index (κ3) is 45.3. The molecular weight excluding hydrogens is 507 g/mol. The van der Waals surface area contributed by atoms with E-state index in [0.717, 1.165) is 38.5 Å². The predicted molar refractivity (Wildman–Crippen MR) is 150 cm³/mol. The van der Waals surface area contributed by atoms with Crippen LogP contribution in [0.4, 0.5) is 0 Å². The summed E-state index contributed by atoms with van der Waals surface area (Å²) in [6.07, 6.45) is 36.0. The standard InChI is InChI=1S/2C16H30O2.Co/c2*1-2-3-4-5-6-7-8-9-10-11-12-13-14-15-16(17)18;/h2*7-8H,2-6,9-15H2,1H3,(H,17,18);/q;;+2/p-2/b2*8-7-;. The smallest absolute Gasteiger partial charge is 0.550 e. The number of carbonyl (C=O) groups is 2. The minimum atomic E-state index is -0.916. The maximum atomic E-state index is 10.2. The van der Waals surface area contributed by atoms with Crippen molar-refractivity contribution in [3.8, 4) is 0 Å². The summed E-state index contributed by atoms with van der Waals surface area (Å²) in [4.78, 5) is 20.4. The second-order valence-corrected chi connectivity index (χ2v) is 10.00. The minimum absolute atomic E-state index is 0. The maximum absolute atomic E-state index is 10.2. The topological polar surface area (TPSA) is 80.3 Å². The molecule has 4 nitrogen and oxygen atoms in total. The van der Waals surface area contributed by atoms with Crippen LogP contribution in [0.3, 0.4) is 0 Å². The van der Waals surface area contributed by atoms with Crippen LogP contribution in [-0.4, -0.2) is 11.9 Å². The van der Waals surface area contributed by atoms with Gasteiger partial charge in [-0.1, -0.05) is 115 Å². The zero-order chi connectivity index (χ0) is 27.0. The van der Waals surface area contributed by atoms with Gasteiger partial charge in [-0.25, -0.2) is 0 Å². The molecule has 0 fully saturated rings. The number of unbranched alkanes of at least 4 members (excludes halogenated alkanes) is 18. The number of carbonyl (C=O) groups excluding carboxylic acids is 2. The fourth-order valence-electron chi connectivity index (χ4n) is 3.97. The molecule has 5 heteroatoms. The van der Waals surface area contributed by atoms with E-state index in [2.05, 4.69) is 38.2 Å². The first-order chi connectivity index (χ1) is 17.5. The maximum Gasteiger partial charge on any atom is 2.00 e. The van der Waals surface area contributed by atoms with Crippen LogP contribution >= 0.6 is 0 Å². The molecule has 1 radical (unpaired) electrons. The van der Waals surface area contributed by atoms with Crippen molar-refractivity contribution in [3.05, 3.63) is 24.3 Å². The summed E-state index contributed by atoms with van der Waals surface area (Å²) in [6.45, 7) is 4.48. The van der Waals surface area contributed by atoms with Gasteiger partial charge in [-0.2, -0.15) is 0 Å². The first kappa shape index (κ1) is 40.4. The van der Waals surface area contributed by atoms with Crippen molar-refractivity contribution in [2.45, 2.75) is 168 Å². The van der Waals surface area contributed by atoms with Gasteiger partial charge < -0.3 is 19.8 Å². The Kier molecular flexibility index (Phi) is 40.5. The van der Waals surface area contributed by atoms with Gasteiger partial charge in [0.25, 0.3) is 0 Å². The van der Waals surface area contributed by atoms with Crippen LogP contribution in [0, 0.1) is 0 Å². The summed E-state index contributed by atoms with van der Waals surface area (Å²) < 4.78 is 0. The van der Waals surface area contributed by atoms with Crippen molar-refractivity contribution in [3.63, 3.8) is 0 Å². The monoisotopic (exact) mass is 565 g/mol. The molecular formula is C32H58CoO4. The Morgan fingerprint density at radius 2 is 0.676 bits per heavy atom. The first-order valence-electron chi connectivity index (χ1n) is 15.2. The van der Waals surface area contributed by atoms with Gasteiger partial charge in [-0.3, -0.25) is 0 Å². The van der Waals surface area contributed by atoms with Gasteiger partial charge in [0.2, 0.25) is 0 Å². The summed E-state index contributed by atoms with van der Waals surface area (Å²) >= 11 is 0. The van der Waals surface area contributed by atoms with Crippen LogP contribution in [0.15, 0.2) is 24.3 Å². The summed E-state index contributed by atoms with van der Waals surface area (Å²) in [5.74, 6) is -1.83. The molecule has 0 saturated heterocycles. The van der Waals surface area contributed by atoms with E-state index in [1.807, 2.05) is 0 Å². The molecule has 0 N–H and O–H groups in total. The van der Waals surface area contributed by atoms with Crippen LogP contribution in [0.1, 0.15) is 168 Å². The predicted octanol–water partition coefficient (Wildman–Crippen LogP) is 7.98. The molecule has 0 aliphatic rings. The first-order valence-corrected chi connectivity index (χ1v) is 15.2. The van der Waals surface area contributed by atoms with Crippen molar-refractivity contribution < 1.29 is 36.6 Å². The fraction of sp³-hybridized carbons (Fsp3) is 0.812. The SMILES string of the molecule is CCCCCC/C=C\CCCCCCCC(=O)[O-].CCCCCC/C=C\CCCCCCCC(=O)[O-].[Co+2]. The van der Waals surface area contributed by atoms with Gasteiger partial charge in [0.15, 0.2) is 0 Å². The van der Waals surface area contributed by atoms with E-state index in [-0.39, 0.29) is 29.6 Å². The van der Waals surface area contributed by atoms with E-state index in [9.17, 15) is 19.8 Å². The van der Waals surface area contributed by atoms with Gasteiger partial charge in [0.05, 0.1) is 0 Å². The molecule has 0 aliphatic carbocycles. The van der Waals surface area contributed by atoms with Crippen LogP contribution in [0.2, 0.25) is 0 Å². The summed E-state index contributed by atoms with van der Waals surface area (Å²) in [5, 5.41) is 20.4. The molecule has 0 rings (SSSR count). The second-order valence-electron chi connectivity index (χ2n) is 10.00. The average molecular weight is 566 g/mol.